The van der Waals surface area contributed by atoms with Crippen molar-refractivity contribution in [2.45, 2.75) is 232 Å². The van der Waals surface area contributed by atoms with Crippen LogP contribution in [0.2, 0.25) is 0 Å². The third kappa shape index (κ3) is 32.9. The number of ether oxygens (including phenoxy) is 2. The van der Waals surface area contributed by atoms with Gasteiger partial charge < -0.3 is 25.1 Å². The van der Waals surface area contributed by atoms with E-state index in [1.807, 2.05) is 0 Å². The number of imidazole rings is 1. The number of aromatic amines is 1. The lowest BCUT2D eigenvalue weighted by molar-refractivity contribution is -0.121. The van der Waals surface area contributed by atoms with Gasteiger partial charge in [-0.05, 0) is 38.8 Å². The molecule has 0 amide bonds. The van der Waals surface area contributed by atoms with Crippen LogP contribution in [0.4, 0.5) is 0 Å². The molecule has 0 aromatic carbocycles. The third-order valence-corrected chi connectivity index (χ3v) is 11.2. The van der Waals surface area contributed by atoms with Crippen LogP contribution in [0.3, 0.4) is 0 Å². The molecule has 1 aromatic rings. The first kappa shape index (κ1) is 50.7. The predicted molar refractivity (Wildman–Crippen MR) is 232 cm³/mol. The molecule has 0 saturated heterocycles. The van der Waals surface area contributed by atoms with Gasteiger partial charge in [-0.3, -0.25) is 4.79 Å². The fourth-order valence-corrected chi connectivity index (χ4v) is 7.52. The number of hydrogen-bond acceptors (Lipinski definition) is 6. The summed E-state index contributed by atoms with van der Waals surface area (Å²) in [5, 5.41) is 0. The Morgan fingerprint density at radius 2 is 1.07 bits per heavy atom. The Morgan fingerprint density at radius 1 is 0.648 bits per heavy atom. The van der Waals surface area contributed by atoms with Crippen molar-refractivity contribution in [2.24, 2.45) is 11.7 Å². The molecule has 7 heteroatoms. The lowest BCUT2D eigenvalue weighted by Gasteiger charge is -2.23. The minimum atomic E-state index is -0.509. The number of Topliss-reactive ketones (excluding diaryl/α,β-unsaturated/α-hetero) is 1. The lowest BCUT2D eigenvalue weighted by Crippen LogP contribution is -2.34. The zero-order chi connectivity index (χ0) is 39.2. The highest BCUT2D eigenvalue weighted by atomic mass is 16.5. The summed E-state index contributed by atoms with van der Waals surface area (Å²) in [4.78, 5) is 22.3. The Hall–Kier alpha value is -1.28. The van der Waals surface area contributed by atoms with Gasteiger partial charge in [0.05, 0.1) is 38.3 Å². The van der Waals surface area contributed by atoms with Gasteiger partial charge in [-0.2, -0.15) is 0 Å². The Balaban J connectivity index is 2.23. The Labute approximate surface area is 335 Å². The SMILES string of the molecule is CCCCCCCCCCCCCCCCN(CCCCCCCCCCCCCCCC)CCOCC(C)OCC(C)CC(=O)C(N)Cc1cnc[nH]1. The molecule has 0 bridgehead atoms. The maximum absolute atomic E-state index is 12.6. The molecular weight excluding hydrogens is 669 g/mol. The Bertz CT molecular complexity index is 866. The molecule has 0 aliphatic heterocycles. The average Bonchev–Trinajstić information content (AvgIpc) is 3.68. The van der Waals surface area contributed by atoms with Gasteiger partial charge in [0.15, 0.2) is 0 Å². The summed E-state index contributed by atoms with van der Waals surface area (Å²) in [5.74, 6) is 0.195. The molecule has 3 N–H and O–H groups in total. The van der Waals surface area contributed by atoms with Crippen molar-refractivity contribution in [3.63, 3.8) is 0 Å². The predicted octanol–water partition coefficient (Wildman–Crippen LogP) is 12.6. The van der Waals surface area contributed by atoms with E-state index in [-0.39, 0.29) is 17.8 Å². The molecule has 0 aliphatic carbocycles. The van der Waals surface area contributed by atoms with E-state index in [0.29, 0.717) is 26.1 Å². The van der Waals surface area contributed by atoms with Gasteiger partial charge in [-0.1, -0.05) is 188 Å². The van der Waals surface area contributed by atoms with E-state index in [1.165, 1.54) is 193 Å². The first-order valence-corrected chi connectivity index (χ1v) is 23.6. The second-order valence-corrected chi connectivity index (χ2v) is 16.9. The van der Waals surface area contributed by atoms with E-state index in [4.69, 9.17) is 15.2 Å². The minimum absolute atomic E-state index is 0.00579. The maximum Gasteiger partial charge on any atom is 0.150 e. The van der Waals surface area contributed by atoms with Gasteiger partial charge in [-0.25, -0.2) is 4.98 Å². The van der Waals surface area contributed by atoms with E-state index in [2.05, 4.69) is 42.6 Å². The number of H-pyrrole nitrogens is 1. The number of nitrogens with one attached hydrogen (secondary N) is 1. The summed E-state index contributed by atoms with van der Waals surface area (Å²) in [5.41, 5.74) is 7.03. The van der Waals surface area contributed by atoms with Crippen LogP contribution in [0, 0.1) is 5.92 Å². The van der Waals surface area contributed by atoms with Gasteiger partial charge >= 0.3 is 0 Å². The van der Waals surface area contributed by atoms with Crippen LogP contribution in [-0.2, 0) is 20.7 Å². The zero-order valence-electron chi connectivity index (χ0n) is 36.5. The number of nitrogens with two attached hydrogens (primary N) is 1. The van der Waals surface area contributed by atoms with E-state index >= 15 is 0 Å². The van der Waals surface area contributed by atoms with Crippen LogP contribution in [0.5, 0.6) is 0 Å². The van der Waals surface area contributed by atoms with Crippen molar-refractivity contribution in [1.29, 1.82) is 0 Å². The molecular formula is C47H92N4O3. The molecule has 0 saturated carbocycles. The van der Waals surface area contributed by atoms with Crippen molar-refractivity contribution in [3.05, 3.63) is 18.2 Å². The molecule has 0 fully saturated rings. The molecule has 3 unspecified atom stereocenters. The van der Waals surface area contributed by atoms with Crippen LogP contribution in [0.15, 0.2) is 12.5 Å². The second kappa shape index (κ2) is 38.6. The Morgan fingerprint density at radius 3 is 1.48 bits per heavy atom. The summed E-state index contributed by atoms with van der Waals surface area (Å²) >= 11 is 0. The maximum atomic E-state index is 12.6. The highest BCUT2D eigenvalue weighted by Gasteiger charge is 2.18. The normalized spacial score (nSPS) is 13.5. The molecule has 0 spiro atoms. The smallest absolute Gasteiger partial charge is 0.150 e. The number of carbonyl (C=O) groups is 1. The number of ketones is 1. The third-order valence-electron chi connectivity index (χ3n) is 11.2. The van der Waals surface area contributed by atoms with Crippen LogP contribution in [-0.4, -0.2) is 72.3 Å². The number of hydrogen-bond donors (Lipinski definition) is 2. The van der Waals surface area contributed by atoms with Crippen LogP contribution < -0.4 is 5.73 Å². The van der Waals surface area contributed by atoms with Crippen molar-refractivity contribution >= 4 is 5.78 Å². The van der Waals surface area contributed by atoms with Crippen LogP contribution in [0.25, 0.3) is 0 Å². The van der Waals surface area contributed by atoms with Crippen molar-refractivity contribution in [2.75, 3.05) is 39.5 Å². The number of aromatic nitrogens is 2. The van der Waals surface area contributed by atoms with E-state index < -0.39 is 6.04 Å². The minimum Gasteiger partial charge on any atom is -0.377 e. The summed E-state index contributed by atoms with van der Waals surface area (Å²) in [7, 11) is 0. The first-order chi connectivity index (χ1) is 26.5. The highest BCUT2D eigenvalue weighted by molar-refractivity contribution is 5.84. The molecule has 7 nitrogen and oxygen atoms in total. The first-order valence-electron chi connectivity index (χ1n) is 23.6. The summed E-state index contributed by atoms with van der Waals surface area (Å²) in [6, 6.07) is -0.509. The molecule has 1 rings (SSSR count). The zero-order valence-corrected chi connectivity index (χ0v) is 36.5. The van der Waals surface area contributed by atoms with Crippen molar-refractivity contribution in [3.8, 4) is 0 Å². The molecule has 1 aromatic heterocycles. The monoisotopic (exact) mass is 761 g/mol. The van der Waals surface area contributed by atoms with Gasteiger partial charge in [0.25, 0.3) is 0 Å². The van der Waals surface area contributed by atoms with Gasteiger partial charge in [-0.15, -0.1) is 0 Å². The number of unbranched alkanes of at least 4 members (excludes halogenated alkanes) is 26. The van der Waals surface area contributed by atoms with Gasteiger partial charge in [0, 0.05) is 31.3 Å². The molecule has 318 valence electrons. The van der Waals surface area contributed by atoms with E-state index in [1.54, 1.807) is 12.5 Å². The van der Waals surface area contributed by atoms with Crippen molar-refractivity contribution in [1.82, 2.24) is 14.9 Å². The standard InChI is InChI=1S/C47H92N4O3/c1-5-7-9-11-13-15-17-19-21-23-25-27-29-31-33-51(34-32-30-28-26-24-22-20-18-16-14-12-10-8-6-2)35-36-53-41-44(4)54-40-43(3)37-47(52)46(48)38-45-39-49-42-50-45/h39,42-44,46H,5-38,40-41,48H2,1-4H3,(H,49,50). The second-order valence-electron chi connectivity index (χ2n) is 16.9. The average molecular weight is 761 g/mol. The molecule has 3 atom stereocenters. The molecule has 0 radical (unpaired) electrons. The largest absolute Gasteiger partial charge is 0.377 e. The summed E-state index contributed by atoms with van der Waals surface area (Å²) in [6.45, 7) is 14.0. The van der Waals surface area contributed by atoms with Gasteiger partial charge in [0.2, 0.25) is 0 Å². The van der Waals surface area contributed by atoms with Crippen molar-refractivity contribution < 1.29 is 14.3 Å². The summed E-state index contributed by atoms with van der Waals surface area (Å²) < 4.78 is 12.2. The molecule has 0 aliphatic rings. The van der Waals surface area contributed by atoms with E-state index in [0.717, 1.165) is 18.8 Å². The van der Waals surface area contributed by atoms with Crippen LogP contribution >= 0.6 is 0 Å². The quantitative estimate of drug-likeness (QED) is 0.0644. The molecule has 54 heavy (non-hydrogen) atoms. The molecule has 1 heterocycles. The van der Waals surface area contributed by atoms with E-state index in [9.17, 15) is 4.79 Å². The topological polar surface area (TPSA) is 93.5 Å². The lowest BCUT2D eigenvalue weighted by atomic mass is 9.98. The fourth-order valence-electron chi connectivity index (χ4n) is 7.52. The van der Waals surface area contributed by atoms with Crippen LogP contribution in [0.1, 0.15) is 220 Å². The number of carbonyl (C=O) groups excluding carboxylic acids is 1. The fraction of sp³-hybridized carbons (Fsp3) is 0.915. The Kier molecular flexibility index (Phi) is 36.3. The number of rotatable bonds is 43. The van der Waals surface area contributed by atoms with Gasteiger partial charge in [0.1, 0.15) is 5.78 Å². The highest BCUT2D eigenvalue weighted by Crippen LogP contribution is 2.16. The number of nitrogens with zero attached hydrogens (tertiary/aromatic N) is 2. The summed E-state index contributed by atoms with van der Waals surface area (Å²) in [6.07, 6.45) is 43.7.